The summed E-state index contributed by atoms with van der Waals surface area (Å²) in [6.07, 6.45) is 1.87. The van der Waals surface area contributed by atoms with E-state index in [0.717, 1.165) is 21.7 Å². The van der Waals surface area contributed by atoms with Crippen LogP contribution in [0.5, 0.6) is 0 Å². The fourth-order valence-corrected chi connectivity index (χ4v) is 2.09. The first-order valence-electron chi connectivity index (χ1n) is 4.58. The normalized spacial score (nSPS) is 10.6. The van der Waals surface area contributed by atoms with E-state index in [1.54, 1.807) is 0 Å². The van der Waals surface area contributed by atoms with Gasteiger partial charge in [-0.2, -0.15) is 5.10 Å². The molecule has 0 fully saturated rings. The molecular weight excluding hydrogens is 275 g/mol. The molecule has 15 heavy (non-hydrogen) atoms. The molecular formula is C11H10BrClN2. The van der Waals surface area contributed by atoms with Crippen LogP contribution in [0.3, 0.4) is 0 Å². The van der Waals surface area contributed by atoms with E-state index in [1.165, 1.54) is 5.56 Å². The molecule has 0 aliphatic carbocycles. The summed E-state index contributed by atoms with van der Waals surface area (Å²) in [5.41, 5.74) is 3.38. The second kappa shape index (κ2) is 4.37. The first-order chi connectivity index (χ1) is 7.22. The maximum Gasteiger partial charge on any atom is 0.0649 e. The molecule has 0 unspecified atom stereocenters. The van der Waals surface area contributed by atoms with Crippen molar-refractivity contribution in [3.8, 4) is 5.69 Å². The van der Waals surface area contributed by atoms with Gasteiger partial charge in [0.1, 0.15) is 0 Å². The molecule has 78 valence electrons. The van der Waals surface area contributed by atoms with Crippen molar-refractivity contribution in [3.05, 3.63) is 46.7 Å². The van der Waals surface area contributed by atoms with Gasteiger partial charge < -0.3 is 0 Å². The quantitative estimate of drug-likeness (QED) is 0.769. The van der Waals surface area contributed by atoms with Crippen LogP contribution in [0.15, 0.2) is 30.5 Å². The third-order valence-corrected chi connectivity index (χ3v) is 3.18. The molecule has 2 rings (SSSR count). The molecule has 0 N–H and O–H groups in total. The number of hydrogen-bond donors (Lipinski definition) is 0. The average Bonchev–Trinajstić information content (AvgIpc) is 2.61. The number of hydrogen-bond acceptors (Lipinski definition) is 1. The lowest BCUT2D eigenvalue weighted by atomic mass is 10.3. The number of aromatic nitrogens is 2. The van der Waals surface area contributed by atoms with Gasteiger partial charge in [0, 0.05) is 21.6 Å². The highest BCUT2D eigenvalue weighted by molar-refractivity contribution is 9.08. The van der Waals surface area contributed by atoms with Crippen molar-refractivity contribution in [2.45, 2.75) is 12.3 Å². The van der Waals surface area contributed by atoms with Crippen molar-refractivity contribution in [2.75, 3.05) is 0 Å². The first kappa shape index (κ1) is 10.7. The largest absolute Gasteiger partial charge is 0.238 e. The predicted molar refractivity (Wildman–Crippen MR) is 65.9 cm³/mol. The smallest absolute Gasteiger partial charge is 0.0649 e. The van der Waals surface area contributed by atoms with E-state index in [2.05, 4.69) is 28.0 Å². The van der Waals surface area contributed by atoms with E-state index < -0.39 is 0 Å². The molecule has 0 aliphatic heterocycles. The molecule has 1 heterocycles. The van der Waals surface area contributed by atoms with Gasteiger partial charge >= 0.3 is 0 Å². The van der Waals surface area contributed by atoms with Crippen LogP contribution >= 0.6 is 27.5 Å². The fourth-order valence-electron chi connectivity index (χ4n) is 1.42. The van der Waals surface area contributed by atoms with Crippen molar-refractivity contribution in [1.29, 1.82) is 0 Å². The second-order valence-corrected chi connectivity index (χ2v) is 4.27. The lowest BCUT2D eigenvalue weighted by Crippen LogP contribution is -1.98. The molecule has 0 saturated carbocycles. The van der Waals surface area contributed by atoms with Crippen LogP contribution < -0.4 is 0 Å². The van der Waals surface area contributed by atoms with E-state index in [4.69, 9.17) is 11.6 Å². The number of nitrogens with zero attached hydrogens (tertiary/aromatic N) is 2. The SMILES string of the molecule is Cc1c(CBr)cnn1-c1ccc(Cl)cc1. The van der Waals surface area contributed by atoms with Gasteiger partial charge in [-0.05, 0) is 31.2 Å². The fraction of sp³-hybridized carbons (Fsp3) is 0.182. The Balaban J connectivity index is 2.45. The Morgan fingerprint density at radius 1 is 1.33 bits per heavy atom. The standard InChI is InChI=1S/C11H10BrClN2/c1-8-9(6-12)7-14-15(8)11-4-2-10(13)3-5-11/h2-5,7H,6H2,1H3. The summed E-state index contributed by atoms with van der Waals surface area (Å²) in [6, 6.07) is 7.65. The molecule has 0 amide bonds. The minimum Gasteiger partial charge on any atom is -0.238 e. The lowest BCUT2D eigenvalue weighted by molar-refractivity contribution is 0.845. The average molecular weight is 286 g/mol. The zero-order valence-corrected chi connectivity index (χ0v) is 10.6. The van der Waals surface area contributed by atoms with Gasteiger partial charge in [-0.3, -0.25) is 0 Å². The van der Waals surface area contributed by atoms with Crippen LogP contribution in [0, 0.1) is 6.92 Å². The van der Waals surface area contributed by atoms with Crippen molar-refractivity contribution < 1.29 is 0 Å². The molecule has 0 radical (unpaired) electrons. The number of rotatable bonds is 2. The number of halogens is 2. The Morgan fingerprint density at radius 3 is 2.53 bits per heavy atom. The van der Waals surface area contributed by atoms with Gasteiger partial charge in [0.15, 0.2) is 0 Å². The summed E-state index contributed by atoms with van der Waals surface area (Å²) in [5, 5.41) is 5.90. The minimum absolute atomic E-state index is 0.740. The van der Waals surface area contributed by atoms with Crippen LogP contribution in [0.4, 0.5) is 0 Å². The monoisotopic (exact) mass is 284 g/mol. The van der Waals surface area contributed by atoms with Gasteiger partial charge in [-0.1, -0.05) is 27.5 Å². The summed E-state index contributed by atoms with van der Waals surface area (Å²) >= 11 is 9.27. The summed E-state index contributed by atoms with van der Waals surface area (Å²) in [6.45, 7) is 2.05. The highest BCUT2D eigenvalue weighted by Crippen LogP contribution is 2.18. The first-order valence-corrected chi connectivity index (χ1v) is 6.07. The Bertz CT molecular complexity index is 462. The van der Waals surface area contributed by atoms with Crippen molar-refractivity contribution in [3.63, 3.8) is 0 Å². The summed E-state index contributed by atoms with van der Waals surface area (Å²) in [4.78, 5) is 0. The molecule has 2 nitrogen and oxygen atoms in total. The topological polar surface area (TPSA) is 17.8 Å². The Morgan fingerprint density at radius 2 is 2.00 bits per heavy atom. The second-order valence-electron chi connectivity index (χ2n) is 3.28. The Labute approximate surface area is 102 Å². The molecule has 1 aromatic carbocycles. The summed E-state index contributed by atoms with van der Waals surface area (Å²) in [5.74, 6) is 0. The molecule has 0 aliphatic rings. The van der Waals surface area contributed by atoms with Crippen LogP contribution in [0.2, 0.25) is 5.02 Å². The third kappa shape index (κ3) is 2.08. The molecule has 2 aromatic rings. The van der Waals surface area contributed by atoms with Crippen LogP contribution in [-0.2, 0) is 5.33 Å². The van der Waals surface area contributed by atoms with Crippen LogP contribution in [0.1, 0.15) is 11.3 Å². The molecule has 1 aromatic heterocycles. The van der Waals surface area contributed by atoms with E-state index in [0.29, 0.717) is 0 Å². The summed E-state index contributed by atoms with van der Waals surface area (Å²) in [7, 11) is 0. The molecule has 0 atom stereocenters. The highest BCUT2D eigenvalue weighted by Gasteiger charge is 2.06. The third-order valence-electron chi connectivity index (χ3n) is 2.33. The Hall–Kier alpha value is -0.800. The molecule has 0 saturated heterocycles. The zero-order valence-electron chi connectivity index (χ0n) is 8.24. The highest BCUT2D eigenvalue weighted by atomic mass is 79.9. The van der Waals surface area contributed by atoms with Crippen LogP contribution in [-0.4, -0.2) is 9.78 Å². The number of benzene rings is 1. The van der Waals surface area contributed by atoms with Gasteiger partial charge in [-0.25, -0.2) is 4.68 Å². The van der Waals surface area contributed by atoms with Crippen molar-refractivity contribution in [1.82, 2.24) is 9.78 Å². The van der Waals surface area contributed by atoms with Gasteiger partial charge in [0.05, 0.1) is 11.9 Å². The van der Waals surface area contributed by atoms with Crippen LogP contribution in [0.25, 0.3) is 5.69 Å². The van der Waals surface area contributed by atoms with Gasteiger partial charge in [0.2, 0.25) is 0 Å². The molecule has 0 bridgehead atoms. The predicted octanol–water partition coefficient (Wildman–Crippen LogP) is 3.73. The van der Waals surface area contributed by atoms with E-state index >= 15 is 0 Å². The van der Waals surface area contributed by atoms with Crippen molar-refractivity contribution >= 4 is 27.5 Å². The Kier molecular flexibility index (Phi) is 3.12. The van der Waals surface area contributed by atoms with E-state index in [-0.39, 0.29) is 0 Å². The number of alkyl halides is 1. The minimum atomic E-state index is 0.740. The van der Waals surface area contributed by atoms with Crippen molar-refractivity contribution in [2.24, 2.45) is 0 Å². The van der Waals surface area contributed by atoms with Gasteiger partial charge in [-0.15, -0.1) is 0 Å². The zero-order chi connectivity index (χ0) is 10.8. The molecule has 4 heteroatoms. The van der Waals surface area contributed by atoms with E-state index in [9.17, 15) is 0 Å². The maximum atomic E-state index is 5.83. The molecule has 0 spiro atoms. The lowest BCUT2D eigenvalue weighted by Gasteiger charge is -2.04. The summed E-state index contributed by atoms with van der Waals surface area (Å²) < 4.78 is 1.91. The van der Waals surface area contributed by atoms with Gasteiger partial charge in [0.25, 0.3) is 0 Å². The maximum absolute atomic E-state index is 5.83. The van der Waals surface area contributed by atoms with E-state index in [1.807, 2.05) is 35.1 Å².